The van der Waals surface area contributed by atoms with Crippen molar-refractivity contribution in [1.29, 1.82) is 0 Å². The highest BCUT2D eigenvalue weighted by Gasteiger charge is 2.22. The lowest BCUT2D eigenvalue weighted by atomic mass is 9.95. The van der Waals surface area contributed by atoms with Gasteiger partial charge in [-0.25, -0.2) is 4.98 Å². The number of thioether (sulfide) groups is 1. The van der Waals surface area contributed by atoms with Crippen molar-refractivity contribution < 1.29 is 4.92 Å². The summed E-state index contributed by atoms with van der Waals surface area (Å²) in [6.45, 7) is 1.68. The molecular formula is C13H19N3O2S. The molecule has 0 aromatic carbocycles. The summed E-state index contributed by atoms with van der Waals surface area (Å²) in [7, 11) is 0. The third-order valence-electron chi connectivity index (χ3n) is 3.57. The fourth-order valence-electron chi connectivity index (χ4n) is 2.53. The van der Waals surface area contributed by atoms with Gasteiger partial charge >= 0.3 is 0 Å². The number of nitrogens with one attached hydrogen (secondary N) is 1. The molecule has 6 heteroatoms. The minimum absolute atomic E-state index is 0.0798. The Morgan fingerprint density at radius 1 is 1.47 bits per heavy atom. The SMILES string of the molecule is CSC1CCCC(Nc2ccc([N+](=O)[O-])c(C)n2)C1. The lowest BCUT2D eigenvalue weighted by Gasteiger charge is -2.29. The largest absolute Gasteiger partial charge is 0.367 e. The van der Waals surface area contributed by atoms with E-state index in [-0.39, 0.29) is 5.69 Å². The molecule has 0 aliphatic heterocycles. The summed E-state index contributed by atoms with van der Waals surface area (Å²) < 4.78 is 0. The Hall–Kier alpha value is -1.30. The van der Waals surface area contributed by atoms with Crippen LogP contribution in [0.3, 0.4) is 0 Å². The van der Waals surface area contributed by atoms with Gasteiger partial charge < -0.3 is 5.32 Å². The van der Waals surface area contributed by atoms with Crippen LogP contribution in [0.5, 0.6) is 0 Å². The molecule has 1 fully saturated rings. The molecule has 0 saturated heterocycles. The molecule has 5 nitrogen and oxygen atoms in total. The molecular weight excluding hydrogens is 262 g/mol. The Morgan fingerprint density at radius 3 is 2.89 bits per heavy atom. The number of pyridine rings is 1. The standard InChI is InChI=1S/C13H19N3O2S/c1-9-12(16(17)18)6-7-13(14-9)15-10-4-3-5-11(8-10)19-2/h6-7,10-11H,3-5,8H2,1-2H3,(H,14,15). The molecule has 104 valence electrons. The maximum atomic E-state index is 10.7. The van der Waals surface area contributed by atoms with Crippen molar-refractivity contribution in [2.24, 2.45) is 0 Å². The van der Waals surface area contributed by atoms with Gasteiger partial charge in [-0.3, -0.25) is 10.1 Å². The first-order chi connectivity index (χ1) is 9.10. The predicted octanol–water partition coefficient (Wildman–Crippen LogP) is 3.38. The lowest BCUT2D eigenvalue weighted by Crippen LogP contribution is -2.28. The molecule has 1 aliphatic rings. The van der Waals surface area contributed by atoms with Gasteiger partial charge in [-0.1, -0.05) is 6.42 Å². The number of aryl methyl sites for hydroxylation is 1. The molecule has 1 N–H and O–H groups in total. The summed E-state index contributed by atoms with van der Waals surface area (Å²) in [5.74, 6) is 0.745. The zero-order chi connectivity index (χ0) is 13.8. The summed E-state index contributed by atoms with van der Waals surface area (Å²) in [6.07, 6.45) is 6.95. The average molecular weight is 281 g/mol. The molecule has 1 heterocycles. The molecule has 1 aromatic rings. The Morgan fingerprint density at radius 2 is 2.26 bits per heavy atom. The van der Waals surface area contributed by atoms with Gasteiger partial charge in [0.1, 0.15) is 11.5 Å². The second kappa shape index (κ2) is 6.23. The van der Waals surface area contributed by atoms with Crippen molar-refractivity contribution in [1.82, 2.24) is 4.98 Å². The van der Waals surface area contributed by atoms with Crippen molar-refractivity contribution in [2.45, 2.75) is 43.9 Å². The van der Waals surface area contributed by atoms with E-state index in [9.17, 15) is 10.1 Å². The number of anilines is 1. The summed E-state index contributed by atoms with van der Waals surface area (Å²) >= 11 is 1.92. The molecule has 2 atom stereocenters. The van der Waals surface area contributed by atoms with Crippen LogP contribution in [-0.4, -0.2) is 27.5 Å². The number of hydrogen-bond acceptors (Lipinski definition) is 5. The van der Waals surface area contributed by atoms with Gasteiger partial charge in [0.25, 0.3) is 5.69 Å². The molecule has 0 amide bonds. The monoisotopic (exact) mass is 281 g/mol. The highest BCUT2D eigenvalue weighted by Crippen LogP contribution is 2.29. The molecule has 0 spiro atoms. The number of aromatic nitrogens is 1. The van der Waals surface area contributed by atoms with E-state index in [0.717, 1.165) is 18.7 Å². The number of rotatable bonds is 4. The van der Waals surface area contributed by atoms with Gasteiger partial charge in [0, 0.05) is 17.4 Å². The quantitative estimate of drug-likeness (QED) is 0.677. The van der Waals surface area contributed by atoms with E-state index in [1.165, 1.54) is 18.9 Å². The minimum atomic E-state index is -0.392. The zero-order valence-electron chi connectivity index (χ0n) is 11.3. The van der Waals surface area contributed by atoms with Crippen molar-refractivity contribution in [2.75, 3.05) is 11.6 Å². The molecule has 19 heavy (non-hydrogen) atoms. The summed E-state index contributed by atoms with van der Waals surface area (Å²) in [6, 6.07) is 3.66. The zero-order valence-corrected chi connectivity index (χ0v) is 12.1. The fraction of sp³-hybridized carbons (Fsp3) is 0.615. The van der Waals surface area contributed by atoms with E-state index in [4.69, 9.17) is 0 Å². The fourth-order valence-corrected chi connectivity index (χ4v) is 3.35. The van der Waals surface area contributed by atoms with Crippen LogP contribution in [0.1, 0.15) is 31.4 Å². The van der Waals surface area contributed by atoms with Crippen LogP contribution in [-0.2, 0) is 0 Å². The second-order valence-electron chi connectivity index (χ2n) is 4.92. The third-order valence-corrected chi connectivity index (χ3v) is 4.66. The Kier molecular flexibility index (Phi) is 4.63. The molecule has 2 unspecified atom stereocenters. The van der Waals surface area contributed by atoms with Crippen molar-refractivity contribution in [3.63, 3.8) is 0 Å². The van der Waals surface area contributed by atoms with Crippen LogP contribution in [0, 0.1) is 17.0 Å². The van der Waals surface area contributed by atoms with Crippen LogP contribution in [0.15, 0.2) is 12.1 Å². The Balaban J connectivity index is 2.03. The van der Waals surface area contributed by atoms with Crippen LogP contribution < -0.4 is 5.32 Å². The first-order valence-electron chi connectivity index (χ1n) is 6.51. The molecule has 1 saturated carbocycles. The van der Waals surface area contributed by atoms with Gasteiger partial charge in [0.2, 0.25) is 0 Å². The van der Waals surface area contributed by atoms with Crippen molar-refractivity contribution in [3.05, 3.63) is 27.9 Å². The first kappa shape index (κ1) is 14.1. The maximum absolute atomic E-state index is 10.7. The summed E-state index contributed by atoms with van der Waals surface area (Å²) in [5.41, 5.74) is 0.545. The highest BCUT2D eigenvalue weighted by atomic mass is 32.2. The molecule has 0 radical (unpaired) electrons. The normalized spacial score (nSPS) is 23.1. The summed E-state index contributed by atoms with van der Waals surface area (Å²) in [5, 5.41) is 14.9. The van der Waals surface area contributed by atoms with E-state index >= 15 is 0 Å². The first-order valence-corrected chi connectivity index (χ1v) is 7.80. The third kappa shape index (κ3) is 3.59. The van der Waals surface area contributed by atoms with Gasteiger partial charge in [-0.05, 0) is 38.5 Å². The van der Waals surface area contributed by atoms with Gasteiger partial charge in [-0.2, -0.15) is 11.8 Å². The van der Waals surface area contributed by atoms with Gasteiger partial charge in [-0.15, -0.1) is 0 Å². The molecule has 0 bridgehead atoms. The maximum Gasteiger partial charge on any atom is 0.290 e. The minimum Gasteiger partial charge on any atom is -0.367 e. The predicted molar refractivity (Wildman–Crippen MR) is 78.8 cm³/mol. The second-order valence-corrected chi connectivity index (χ2v) is 6.06. The van der Waals surface area contributed by atoms with Crippen LogP contribution >= 0.6 is 11.8 Å². The topological polar surface area (TPSA) is 68.1 Å². The smallest absolute Gasteiger partial charge is 0.290 e. The molecule has 1 aromatic heterocycles. The number of hydrogen-bond donors (Lipinski definition) is 1. The Labute approximate surface area is 117 Å². The van der Waals surface area contributed by atoms with Crippen molar-refractivity contribution >= 4 is 23.3 Å². The van der Waals surface area contributed by atoms with Gasteiger partial charge in [0.05, 0.1) is 4.92 Å². The van der Waals surface area contributed by atoms with Crippen LogP contribution in [0.4, 0.5) is 11.5 Å². The highest BCUT2D eigenvalue weighted by molar-refractivity contribution is 7.99. The van der Waals surface area contributed by atoms with E-state index in [1.807, 2.05) is 11.8 Å². The number of nitrogens with zero attached hydrogens (tertiary/aromatic N) is 2. The lowest BCUT2D eigenvalue weighted by molar-refractivity contribution is -0.385. The average Bonchev–Trinajstić information content (AvgIpc) is 2.38. The van der Waals surface area contributed by atoms with Crippen molar-refractivity contribution in [3.8, 4) is 0 Å². The van der Waals surface area contributed by atoms with E-state index in [1.54, 1.807) is 13.0 Å². The van der Waals surface area contributed by atoms with E-state index < -0.39 is 4.92 Å². The van der Waals surface area contributed by atoms with E-state index in [0.29, 0.717) is 17.0 Å². The molecule has 2 rings (SSSR count). The van der Waals surface area contributed by atoms with Crippen LogP contribution in [0.2, 0.25) is 0 Å². The number of nitro groups is 1. The van der Waals surface area contributed by atoms with Gasteiger partial charge in [0.15, 0.2) is 0 Å². The Bertz CT molecular complexity index is 467. The molecule has 1 aliphatic carbocycles. The van der Waals surface area contributed by atoms with Crippen LogP contribution in [0.25, 0.3) is 0 Å². The summed E-state index contributed by atoms with van der Waals surface area (Å²) in [4.78, 5) is 14.6. The van der Waals surface area contributed by atoms with E-state index in [2.05, 4.69) is 16.6 Å².